The molecule has 2 aromatic carbocycles. The molecule has 30 heavy (non-hydrogen) atoms. The van der Waals surface area contributed by atoms with Crippen LogP contribution in [0.25, 0.3) is 0 Å². The van der Waals surface area contributed by atoms with Crippen molar-refractivity contribution in [3.8, 4) is 11.6 Å². The third-order valence-corrected chi connectivity index (χ3v) is 5.03. The summed E-state index contributed by atoms with van der Waals surface area (Å²) in [6, 6.07) is 19.2. The van der Waals surface area contributed by atoms with E-state index in [1.807, 2.05) is 61.5 Å². The van der Waals surface area contributed by atoms with Gasteiger partial charge in [0.05, 0.1) is 6.54 Å². The lowest BCUT2D eigenvalue weighted by Crippen LogP contribution is -2.31. The van der Waals surface area contributed by atoms with Crippen molar-refractivity contribution in [3.05, 3.63) is 83.6 Å². The molecule has 0 radical (unpaired) electrons. The van der Waals surface area contributed by atoms with E-state index in [9.17, 15) is 9.59 Å². The van der Waals surface area contributed by atoms with Crippen LogP contribution in [0.1, 0.15) is 29.5 Å². The van der Waals surface area contributed by atoms with E-state index >= 15 is 0 Å². The number of fused-ring (bicyclic) bond motifs is 2. The van der Waals surface area contributed by atoms with Gasteiger partial charge in [-0.05, 0) is 30.7 Å². The van der Waals surface area contributed by atoms with Crippen molar-refractivity contribution in [2.45, 2.75) is 32.9 Å². The van der Waals surface area contributed by atoms with E-state index in [1.54, 1.807) is 17.2 Å². The first-order valence-corrected chi connectivity index (χ1v) is 9.93. The van der Waals surface area contributed by atoms with Crippen molar-refractivity contribution in [2.24, 2.45) is 0 Å². The maximum Gasteiger partial charge on any atom is 0.243 e. The number of para-hydroxylation sites is 1. The fourth-order valence-electron chi connectivity index (χ4n) is 3.33. The Kier molecular flexibility index (Phi) is 5.75. The van der Waals surface area contributed by atoms with Crippen LogP contribution in [0, 0.1) is 6.92 Å². The van der Waals surface area contributed by atoms with Gasteiger partial charge in [-0.25, -0.2) is 4.98 Å². The van der Waals surface area contributed by atoms with Gasteiger partial charge in [0.15, 0.2) is 0 Å². The van der Waals surface area contributed by atoms with E-state index in [0.717, 1.165) is 11.1 Å². The third-order valence-electron chi connectivity index (χ3n) is 5.03. The Balaban J connectivity index is 1.41. The van der Waals surface area contributed by atoms with E-state index in [2.05, 4.69) is 10.3 Å². The zero-order valence-corrected chi connectivity index (χ0v) is 16.8. The molecule has 1 N–H and O–H groups in total. The number of rotatable bonds is 5. The Bertz CT molecular complexity index is 1060. The van der Waals surface area contributed by atoms with E-state index in [0.29, 0.717) is 30.4 Å². The highest BCUT2D eigenvalue weighted by Crippen LogP contribution is 2.37. The number of nitrogens with zero attached hydrogens (tertiary/aromatic N) is 2. The Morgan fingerprint density at radius 2 is 1.83 bits per heavy atom. The van der Waals surface area contributed by atoms with Crippen molar-refractivity contribution in [1.82, 2.24) is 10.3 Å². The minimum Gasteiger partial charge on any atom is -0.437 e. The molecule has 4 rings (SSSR count). The van der Waals surface area contributed by atoms with Crippen molar-refractivity contribution >= 4 is 17.5 Å². The molecule has 6 heteroatoms. The summed E-state index contributed by atoms with van der Waals surface area (Å²) in [7, 11) is 0. The van der Waals surface area contributed by atoms with Crippen LogP contribution in [-0.2, 0) is 22.7 Å². The van der Waals surface area contributed by atoms with E-state index in [-0.39, 0.29) is 24.7 Å². The van der Waals surface area contributed by atoms with Gasteiger partial charge in [0.2, 0.25) is 17.7 Å². The molecule has 2 heterocycles. The van der Waals surface area contributed by atoms with E-state index in [4.69, 9.17) is 4.74 Å². The summed E-state index contributed by atoms with van der Waals surface area (Å²) in [6.45, 7) is 2.84. The van der Waals surface area contributed by atoms with Gasteiger partial charge in [-0.2, -0.15) is 0 Å². The van der Waals surface area contributed by atoms with Crippen LogP contribution in [0.5, 0.6) is 11.6 Å². The summed E-state index contributed by atoms with van der Waals surface area (Å²) in [5.41, 5.74) is 3.71. The minimum absolute atomic E-state index is 0.107. The first-order valence-electron chi connectivity index (χ1n) is 9.93. The average molecular weight is 401 g/mol. The lowest BCUT2D eigenvalue weighted by molar-refractivity contribution is -0.125. The van der Waals surface area contributed by atoms with Crippen molar-refractivity contribution in [3.63, 3.8) is 0 Å². The monoisotopic (exact) mass is 401 g/mol. The Morgan fingerprint density at radius 3 is 2.67 bits per heavy atom. The molecule has 0 atom stereocenters. The second-order valence-electron chi connectivity index (χ2n) is 7.28. The summed E-state index contributed by atoms with van der Waals surface area (Å²) >= 11 is 0. The van der Waals surface area contributed by atoms with Gasteiger partial charge in [-0.15, -0.1) is 0 Å². The third kappa shape index (κ3) is 4.49. The van der Waals surface area contributed by atoms with Crippen LogP contribution >= 0.6 is 0 Å². The van der Waals surface area contributed by atoms with Gasteiger partial charge in [0.25, 0.3) is 0 Å². The molecular formula is C24H23N3O3. The highest BCUT2D eigenvalue weighted by Gasteiger charge is 2.26. The van der Waals surface area contributed by atoms with Crippen LogP contribution in [0.4, 0.5) is 5.69 Å². The molecule has 6 nitrogen and oxygen atoms in total. The number of aromatic nitrogens is 1. The SMILES string of the molecule is Cc1ccc(CNC(=O)CCC(=O)N2Cc3ccccc3Oc3ncccc32)cc1. The molecule has 0 saturated heterocycles. The largest absolute Gasteiger partial charge is 0.437 e. The summed E-state index contributed by atoms with van der Waals surface area (Å²) in [6.07, 6.45) is 1.86. The minimum atomic E-state index is -0.151. The van der Waals surface area contributed by atoms with Gasteiger partial charge >= 0.3 is 0 Å². The lowest BCUT2D eigenvalue weighted by atomic mass is 10.1. The maximum atomic E-state index is 13.0. The Labute approximate surface area is 175 Å². The fraction of sp³-hybridized carbons (Fsp3) is 0.208. The van der Waals surface area contributed by atoms with Crippen LogP contribution in [0.15, 0.2) is 66.9 Å². The topological polar surface area (TPSA) is 71.5 Å². The number of aryl methyl sites for hydroxylation is 1. The number of anilines is 1. The Hall–Kier alpha value is -3.67. The number of ether oxygens (including phenoxy) is 1. The van der Waals surface area contributed by atoms with Gasteiger partial charge in [-0.1, -0.05) is 48.0 Å². The number of carbonyl (C=O) groups excluding carboxylic acids is 2. The zero-order chi connectivity index (χ0) is 20.9. The summed E-state index contributed by atoms with van der Waals surface area (Å²) in [5.74, 6) is 0.778. The number of pyridine rings is 1. The summed E-state index contributed by atoms with van der Waals surface area (Å²) < 4.78 is 5.92. The standard InChI is InChI=1S/C24H23N3O3/c1-17-8-10-18(11-9-17)15-26-22(28)12-13-23(29)27-16-19-5-2-3-7-21(19)30-24-20(27)6-4-14-25-24/h2-11,14H,12-13,15-16H2,1H3,(H,26,28). The first kappa shape index (κ1) is 19.6. The average Bonchev–Trinajstić information content (AvgIpc) is 2.94. The number of nitrogens with one attached hydrogen (secondary N) is 1. The van der Waals surface area contributed by atoms with Gasteiger partial charge < -0.3 is 15.0 Å². The molecule has 3 aromatic rings. The van der Waals surface area contributed by atoms with E-state index < -0.39 is 0 Å². The van der Waals surface area contributed by atoms with Crippen molar-refractivity contribution in [1.29, 1.82) is 0 Å². The van der Waals surface area contributed by atoms with Crippen LogP contribution in [0.3, 0.4) is 0 Å². The smallest absolute Gasteiger partial charge is 0.243 e. The molecule has 0 unspecified atom stereocenters. The molecule has 1 aliphatic heterocycles. The molecule has 2 amide bonds. The maximum absolute atomic E-state index is 13.0. The predicted molar refractivity (Wildman–Crippen MR) is 114 cm³/mol. The summed E-state index contributed by atoms with van der Waals surface area (Å²) in [5, 5.41) is 2.88. The highest BCUT2D eigenvalue weighted by molar-refractivity contribution is 5.96. The number of amides is 2. The fourth-order valence-corrected chi connectivity index (χ4v) is 3.33. The van der Waals surface area contributed by atoms with Gasteiger partial charge in [-0.3, -0.25) is 9.59 Å². The predicted octanol–water partition coefficient (Wildman–Crippen LogP) is 4.13. The molecule has 152 valence electrons. The first-order chi connectivity index (χ1) is 14.6. The molecule has 0 saturated carbocycles. The zero-order valence-electron chi connectivity index (χ0n) is 16.8. The summed E-state index contributed by atoms with van der Waals surface area (Å²) in [4.78, 5) is 31.2. The van der Waals surface area contributed by atoms with E-state index in [1.165, 1.54) is 5.56 Å². The molecule has 0 aliphatic carbocycles. The second kappa shape index (κ2) is 8.78. The molecule has 0 fully saturated rings. The second-order valence-corrected chi connectivity index (χ2v) is 7.28. The lowest BCUT2D eigenvalue weighted by Gasteiger charge is -2.21. The van der Waals surface area contributed by atoms with Gasteiger partial charge in [0.1, 0.15) is 11.4 Å². The number of carbonyl (C=O) groups is 2. The van der Waals surface area contributed by atoms with Gasteiger partial charge in [0, 0.05) is 31.1 Å². The number of hydrogen-bond donors (Lipinski definition) is 1. The number of benzene rings is 2. The van der Waals surface area contributed by atoms with Crippen LogP contribution < -0.4 is 15.0 Å². The Morgan fingerprint density at radius 1 is 1.03 bits per heavy atom. The van der Waals surface area contributed by atoms with Crippen LogP contribution in [0.2, 0.25) is 0 Å². The molecule has 1 aromatic heterocycles. The molecular weight excluding hydrogens is 378 g/mol. The van der Waals surface area contributed by atoms with Crippen LogP contribution in [-0.4, -0.2) is 16.8 Å². The molecule has 0 spiro atoms. The highest BCUT2D eigenvalue weighted by atomic mass is 16.5. The molecule has 1 aliphatic rings. The molecule has 0 bridgehead atoms. The quantitative estimate of drug-likeness (QED) is 0.698. The van der Waals surface area contributed by atoms with Crippen molar-refractivity contribution < 1.29 is 14.3 Å². The number of hydrogen-bond acceptors (Lipinski definition) is 4. The van der Waals surface area contributed by atoms with Crippen molar-refractivity contribution in [2.75, 3.05) is 4.90 Å². The normalized spacial score (nSPS) is 12.2.